The number of ether oxygens (including phenoxy) is 2. The number of esters is 1. The Labute approximate surface area is 89.2 Å². The van der Waals surface area contributed by atoms with Crippen molar-refractivity contribution in [2.24, 2.45) is 0 Å². The van der Waals surface area contributed by atoms with E-state index in [0.717, 1.165) is 6.08 Å². The molecule has 1 aliphatic rings. The third-order valence-electron chi connectivity index (χ3n) is 1.74. The van der Waals surface area contributed by atoms with Crippen LogP contribution in [0.25, 0.3) is 0 Å². The molecule has 0 aromatic heterocycles. The molecule has 0 unspecified atom stereocenters. The molecule has 0 saturated carbocycles. The molecule has 1 heterocycles. The predicted molar refractivity (Wildman–Crippen MR) is 54.1 cm³/mol. The third-order valence-corrected chi connectivity index (χ3v) is 1.74. The maximum atomic E-state index is 11.3. The van der Waals surface area contributed by atoms with Crippen molar-refractivity contribution < 1.29 is 19.1 Å². The minimum Gasteiger partial charge on any atom is -0.490 e. The van der Waals surface area contributed by atoms with E-state index in [1.807, 2.05) is 0 Å². The molecule has 4 heteroatoms. The smallest absolute Gasteiger partial charge is 0.335 e. The normalized spacial score (nSPS) is 19.9. The van der Waals surface area contributed by atoms with E-state index >= 15 is 0 Å². The van der Waals surface area contributed by atoms with Crippen molar-refractivity contribution in [1.29, 1.82) is 0 Å². The fourth-order valence-corrected chi connectivity index (χ4v) is 1.18. The van der Waals surface area contributed by atoms with Gasteiger partial charge in [0.1, 0.15) is 5.60 Å². The number of ketones is 1. The number of allylic oxidation sites excluding steroid dienone is 1. The van der Waals surface area contributed by atoms with E-state index in [9.17, 15) is 9.59 Å². The maximum absolute atomic E-state index is 11.3. The van der Waals surface area contributed by atoms with Crippen LogP contribution in [-0.4, -0.2) is 24.0 Å². The molecule has 0 aromatic rings. The van der Waals surface area contributed by atoms with Crippen LogP contribution < -0.4 is 0 Å². The van der Waals surface area contributed by atoms with Gasteiger partial charge in [-0.05, 0) is 27.2 Å². The highest BCUT2D eigenvalue weighted by Crippen LogP contribution is 2.14. The fraction of sp³-hybridized carbons (Fsp3) is 0.636. The summed E-state index contributed by atoms with van der Waals surface area (Å²) in [4.78, 5) is 22.6. The Bertz CT molecular complexity index is 296. The van der Waals surface area contributed by atoms with Gasteiger partial charge in [-0.1, -0.05) is 0 Å². The molecular weight excluding hydrogens is 196 g/mol. The van der Waals surface area contributed by atoms with Crippen LogP contribution in [0.3, 0.4) is 0 Å². The summed E-state index contributed by atoms with van der Waals surface area (Å²) in [5.41, 5.74) is -0.550. The van der Waals surface area contributed by atoms with E-state index < -0.39 is 11.6 Å². The maximum Gasteiger partial charge on any atom is 0.335 e. The number of carbonyl (C=O) groups is 2. The summed E-state index contributed by atoms with van der Waals surface area (Å²) < 4.78 is 10.1. The predicted octanol–water partition coefficient (Wildman–Crippen LogP) is 1.59. The van der Waals surface area contributed by atoms with Crippen molar-refractivity contribution in [1.82, 2.24) is 0 Å². The number of rotatable bonds is 1. The van der Waals surface area contributed by atoms with Crippen LogP contribution in [0.5, 0.6) is 0 Å². The first kappa shape index (κ1) is 11.8. The van der Waals surface area contributed by atoms with E-state index in [4.69, 9.17) is 9.47 Å². The zero-order valence-electron chi connectivity index (χ0n) is 9.33. The van der Waals surface area contributed by atoms with Gasteiger partial charge in [-0.2, -0.15) is 0 Å². The summed E-state index contributed by atoms with van der Waals surface area (Å²) in [6, 6.07) is 0. The highest BCUT2D eigenvalue weighted by atomic mass is 16.6. The quantitative estimate of drug-likeness (QED) is 0.489. The van der Waals surface area contributed by atoms with Crippen LogP contribution in [0.1, 0.15) is 33.6 Å². The molecule has 0 amide bonds. The van der Waals surface area contributed by atoms with Crippen molar-refractivity contribution in [2.75, 3.05) is 6.61 Å². The highest BCUT2D eigenvalue weighted by molar-refractivity contribution is 5.99. The minimum absolute atomic E-state index is 0.121. The molecule has 1 fully saturated rings. The average Bonchev–Trinajstić information content (AvgIpc) is 2.05. The fourth-order valence-electron chi connectivity index (χ4n) is 1.18. The van der Waals surface area contributed by atoms with E-state index in [0.29, 0.717) is 19.4 Å². The molecule has 0 radical (unpaired) electrons. The summed E-state index contributed by atoms with van der Waals surface area (Å²) >= 11 is 0. The van der Waals surface area contributed by atoms with Gasteiger partial charge in [0.15, 0.2) is 11.5 Å². The second-order valence-corrected chi connectivity index (χ2v) is 4.42. The zero-order valence-corrected chi connectivity index (χ0v) is 9.33. The van der Waals surface area contributed by atoms with Gasteiger partial charge in [0, 0.05) is 6.42 Å². The molecule has 0 spiro atoms. The molecule has 15 heavy (non-hydrogen) atoms. The molecular formula is C11H16O4. The van der Waals surface area contributed by atoms with Gasteiger partial charge < -0.3 is 9.47 Å². The Balaban J connectivity index is 2.61. The Morgan fingerprint density at radius 3 is 2.67 bits per heavy atom. The second-order valence-electron chi connectivity index (χ2n) is 4.42. The highest BCUT2D eigenvalue weighted by Gasteiger charge is 2.20. The molecule has 1 aliphatic heterocycles. The van der Waals surface area contributed by atoms with Crippen LogP contribution in [-0.2, 0) is 19.1 Å². The molecule has 1 rings (SSSR count). The van der Waals surface area contributed by atoms with Gasteiger partial charge in [-0.25, -0.2) is 4.79 Å². The van der Waals surface area contributed by atoms with Crippen molar-refractivity contribution in [3.8, 4) is 0 Å². The van der Waals surface area contributed by atoms with Gasteiger partial charge >= 0.3 is 5.97 Å². The Morgan fingerprint density at radius 1 is 1.47 bits per heavy atom. The summed E-state index contributed by atoms with van der Waals surface area (Å²) in [5, 5.41) is 0. The molecule has 0 atom stereocenters. The lowest BCUT2D eigenvalue weighted by atomic mass is 10.1. The van der Waals surface area contributed by atoms with Crippen molar-refractivity contribution >= 4 is 11.8 Å². The number of hydrogen-bond donors (Lipinski definition) is 0. The van der Waals surface area contributed by atoms with E-state index in [1.54, 1.807) is 20.8 Å². The molecule has 0 aromatic carbocycles. The lowest BCUT2D eigenvalue weighted by Crippen LogP contribution is -2.24. The van der Waals surface area contributed by atoms with Gasteiger partial charge in [-0.3, -0.25) is 4.79 Å². The SMILES string of the molecule is CC(C)(C)OC(=O)/C=C1/OCCCC1=O. The Morgan fingerprint density at radius 2 is 2.13 bits per heavy atom. The largest absolute Gasteiger partial charge is 0.490 e. The summed E-state index contributed by atoms with van der Waals surface area (Å²) in [6.45, 7) is 5.80. The first-order chi connectivity index (χ1) is 6.88. The van der Waals surface area contributed by atoms with E-state index in [-0.39, 0.29) is 11.5 Å². The van der Waals surface area contributed by atoms with E-state index in [2.05, 4.69) is 0 Å². The van der Waals surface area contributed by atoms with Crippen LogP contribution in [0, 0.1) is 0 Å². The number of hydrogen-bond acceptors (Lipinski definition) is 4. The number of carbonyl (C=O) groups excluding carboxylic acids is 2. The summed E-state index contributed by atoms with van der Waals surface area (Å²) in [5.74, 6) is -0.546. The van der Waals surface area contributed by atoms with Gasteiger partial charge in [-0.15, -0.1) is 0 Å². The Kier molecular flexibility index (Phi) is 3.50. The van der Waals surface area contributed by atoms with Crippen molar-refractivity contribution in [3.63, 3.8) is 0 Å². The van der Waals surface area contributed by atoms with E-state index in [1.165, 1.54) is 0 Å². The number of Topliss-reactive ketones (excluding diaryl/α,β-unsaturated/α-hetero) is 1. The first-order valence-corrected chi connectivity index (χ1v) is 4.99. The van der Waals surface area contributed by atoms with Gasteiger partial charge in [0.2, 0.25) is 0 Å². The van der Waals surface area contributed by atoms with Crippen molar-refractivity contribution in [2.45, 2.75) is 39.2 Å². The molecule has 0 bridgehead atoms. The van der Waals surface area contributed by atoms with Crippen molar-refractivity contribution in [3.05, 3.63) is 11.8 Å². The van der Waals surface area contributed by atoms with Crippen LogP contribution in [0.2, 0.25) is 0 Å². The van der Waals surface area contributed by atoms with Crippen LogP contribution in [0.4, 0.5) is 0 Å². The molecule has 84 valence electrons. The zero-order chi connectivity index (χ0) is 11.5. The lowest BCUT2D eigenvalue weighted by molar-refractivity contribution is -0.149. The summed E-state index contributed by atoms with van der Waals surface area (Å²) in [6.07, 6.45) is 2.28. The lowest BCUT2D eigenvalue weighted by Gasteiger charge is -2.19. The van der Waals surface area contributed by atoms with Crippen LogP contribution >= 0.6 is 0 Å². The summed E-state index contributed by atoms with van der Waals surface area (Å²) in [7, 11) is 0. The first-order valence-electron chi connectivity index (χ1n) is 4.99. The minimum atomic E-state index is -0.550. The third kappa shape index (κ3) is 4.14. The second kappa shape index (κ2) is 4.47. The monoisotopic (exact) mass is 212 g/mol. The molecule has 0 aliphatic carbocycles. The Hall–Kier alpha value is -1.32. The van der Waals surface area contributed by atoms with Gasteiger partial charge in [0.05, 0.1) is 12.7 Å². The topological polar surface area (TPSA) is 52.6 Å². The molecule has 0 N–H and O–H groups in total. The standard InChI is InChI=1S/C11H16O4/c1-11(2,3)15-10(13)7-9-8(12)5-4-6-14-9/h7H,4-6H2,1-3H3/b9-7+. The average molecular weight is 212 g/mol. The van der Waals surface area contributed by atoms with Gasteiger partial charge in [0.25, 0.3) is 0 Å². The molecule has 1 saturated heterocycles. The molecule has 4 nitrogen and oxygen atoms in total. The van der Waals surface area contributed by atoms with Crippen LogP contribution in [0.15, 0.2) is 11.8 Å².